The van der Waals surface area contributed by atoms with Crippen molar-refractivity contribution in [3.63, 3.8) is 0 Å². The normalized spacial score (nSPS) is 26.0. The van der Waals surface area contributed by atoms with Crippen LogP contribution in [0.1, 0.15) is 30.4 Å². The van der Waals surface area contributed by atoms with Gasteiger partial charge in [0.15, 0.2) is 0 Å². The summed E-state index contributed by atoms with van der Waals surface area (Å²) in [6, 6.07) is 8.43. The zero-order chi connectivity index (χ0) is 12.9. The van der Waals surface area contributed by atoms with Crippen LogP contribution in [0.4, 0.5) is 0 Å². The van der Waals surface area contributed by atoms with Gasteiger partial charge in [0.25, 0.3) is 0 Å². The Morgan fingerprint density at radius 3 is 2.35 bits per heavy atom. The van der Waals surface area contributed by atoms with Crippen LogP contribution >= 0.6 is 12.4 Å². The van der Waals surface area contributed by atoms with Crippen LogP contribution in [0.5, 0.6) is 0 Å². The first-order valence-corrected chi connectivity index (χ1v) is 7.35. The first kappa shape index (κ1) is 13.9. The average molecular weight is 293 g/mol. The lowest BCUT2D eigenvalue weighted by molar-refractivity contribution is -0.134. The molecule has 0 radical (unpaired) electrons. The molecular formula is C16H21ClN2O. The topological polar surface area (TPSA) is 32.3 Å². The Hall–Kier alpha value is -1.06. The molecule has 2 fully saturated rings. The average Bonchev–Trinajstić information content (AvgIpc) is 2.96. The van der Waals surface area contributed by atoms with Gasteiger partial charge in [-0.1, -0.05) is 24.3 Å². The number of carbonyl (C=O) groups is 1. The maximum atomic E-state index is 12.7. The molecule has 4 heteroatoms. The van der Waals surface area contributed by atoms with Gasteiger partial charge in [-0.15, -0.1) is 12.4 Å². The molecule has 1 saturated heterocycles. The fraction of sp³-hybridized carbons (Fsp3) is 0.562. The second-order valence-electron chi connectivity index (χ2n) is 6.33. The maximum Gasteiger partial charge on any atom is 0.226 e. The number of carbonyl (C=O) groups excluding carboxylic acids is 1. The largest absolute Gasteiger partial charge is 0.334 e. The lowest BCUT2D eigenvalue weighted by Gasteiger charge is -2.24. The molecule has 108 valence electrons. The van der Waals surface area contributed by atoms with Crippen LogP contribution in [0, 0.1) is 11.3 Å². The van der Waals surface area contributed by atoms with Gasteiger partial charge >= 0.3 is 0 Å². The number of hydrogen-bond acceptors (Lipinski definition) is 2. The SMILES string of the molecule is Cl.O=C(C1CC12CCNCC2)N1Cc2ccccc2C1. The molecule has 1 aliphatic carbocycles. The van der Waals surface area contributed by atoms with E-state index in [1.54, 1.807) is 0 Å². The minimum Gasteiger partial charge on any atom is -0.334 e. The van der Waals surface area contributed by atoms with E-state index in [0.717, 1.165) is 32.6 Å². The molecule has 1 N–H and O–H groups in total. The van der Waals surface area contributed by atoms with Crippen LogP contribution in [0.3, 0.4) is 0 Å². The van der Waals surface area contributed by atoms with Crippen molar-refractivity contribution in [2.24, 2.45) is 11.3 Å². The smallest absolute Gasteiger partial charge is 0.226 e. The number of amides is 1. The summed E-state index contributed by atoms with van der Waals surface area (Å²) < 4.78 is 0. The van der Waals surface area contributed by atoms with Gasteiger partial charge in [0.05, 0.1) is 0 Å². The van der Waals surface area contributed by atoms with E-state index in [4.69, 9.17) is 0 Å². The van der Waals surface area contributed by atoms with Crippen LogP contribution < -0.4 is 5.32 Å². The molecule has 1 unspecified atom stereocenters. The van der Waals surface area contributed by atoms with E-state index < -0.39 is 0 Å². The van der Waals surface area contributed by atoms with E-state index >= 15 is 0 Å². The molecular weight excluding hydrogens is 272 g/mol. The zero-order valence-electron chi connectivity index (χ0n) is 11.6. The summed E-state index contributed by atoms with van der Waals surface area (Å²) in [5.74, 6) is 0.710. The lowest BCUT2D eigenvalue weighted by Crippen LogP contribution is -2.34. The molecule has 2 aliphatic heterocycles. The minimum atomic E-state index is 0. The number of nitrogens with one attached hydrogen (secondary N) is 1. The van der Waals surface area contributed by atoms with Gasteiger partial charge in [-0.25, -0.2) is 0 Å². The Kier molecular flexibility index (Phi) is 3.51. The molecule has 1 saturated carbocycles. The summed E-state index contributed by atoms with van der Waals surface area (Å²) >= 11 is 0. The molecule has 3 aliphatic rings. The van der Waals surface area contributed by atoms with Gasteiger partial charge < -0.3 is 10.2 Å². The molecule has 0 aromatic heterocycles. The summed E-state index contributed by atoms with van der Waals surface area (Å²) in [7, 11) is 0. The lowest BCUT2D eigenvalue weighted by atomic mass is 9.91. The molecule has 2 heterocycles. The Morgan fingerprint density at radius 1 is 1.15 bits per heavy atom. The monoisotopic (exact) mass is 292 g/mol. The van der Waals surface area contributed by atoms with E-state index in [9.17, 15) is 4.79 Å². The fourth-order valence-corrected chi connectivity index (χ4v) is 3.88. The van der Waals surface area contributed by atoms with E-state index in [2.05, 4.69) is 34.5 Å². The van der Waals surface area contributed by atoms with Crippen molar-refractivity contribution in [2.45, 2.75) is 32.4 Å². The standard InChI is InChI=1S/C16H20N2O.ClH/c19-15(14-9-16(14)5-7-17-8-6-16)18-10-12-3-1-2-4-13(12)11-18;/h1-4,14,17H,5-11H2;1H. The van der Waals surface area contributed by atoms with E-state index in [1.807, 2.05) is 0 Å². The van der Waals surface area contributed by atoms with Gasteiger partial charge in [0.1, 0.15) is 0 Å². The first-order chi connectivity index (χ1) is 9.28. The Morgan fingerprint density at radius 2 is 1.75 bits per heavy atom. The third-order valence-electron chi connectivity index (χ3n) is 5.24. The highest BCUT2D eigenvalue weighted by molar-refractivity contribution is 5.85. The third-order valence-corrected chi connectivity index (χ3v) is 5.24. The molecule has 1 amide bonds. The highest BCUT2D eigenvalue weighted by Crippen LogP contribution is 2.59. The second-order valence-corrected chi connectivity index (χ2v) is 6.33. The number of benzene rings is 1. The zero-order valence-corrected chi connectivity index (χ0v) is 12.4. The molecule has 20 heavy (non-hydrogen) atoms. The third kappa shape index (κ3) is 2.13. The number of rotatable bonds is 1. The molecule has 4 rings (SSSR count). The Bertz CT molecular complexity index is 500. The first-order valence-electron chi connectivity index (χ1n) is 7.35. The fourth-order valence-electron chi connectivity index (χ4n) is 3.88. The van der Waals surface area contributed by atoms with Gasteiger partial charge in [0, 0.05) is 19.0 Å². The number of nitrogens with zero attached hydrogens (tertiary/aromatic N) is 1. The van der Waals surface area contributed by atoms with Crippen molar-refractivity contribution < 1.29 is 4.79 Å². The van der Waals surface area contributed by atoms with Gasteiger partial charge in [-0.3, -0.25) is 4.79 Å². The van der Waals surface area contributed by atoms with Crippen molar-refractivity contribution in [2.75, 3.05) is 13.1 Å². The highest BCUT2D eigenvalue weighted by Gasteiger charge is 2.58. The van der Waals surface area contributed by atoms with Crippen LogP contribution in [-0.2, 0) is 17.9 Å². The van der Waals surface area contributed by atoms with Crippen LogP contribution in [0.2, 0.25) is 0 Å². The maximum absolute atomic E-state index is 12.7. The van der Waals surface area contributed by atoms with Gasteiger partial charge in [0.2, 0.25) is 5.91 Å². The van der Waals surface area contributed by atoms with Gasteiger partial charge in [-0.2, -0.15) is 0 Å². The summed E-state index contributed by atoms with van der Waals surface area (Å²) in [4.78, 5) is 14.7. The number of fused-ring (bicyclic) bond motifs is 1. The molecule has 1 aromatic carbocycles. The van der Waals surface area contributed by atoms with Gasteiger partial charge in [-0.05, 0) is 48.9 Å². The summed E-state index contributed by atoms with van der Waals surface area (Å²) in [6.07, 6.45) is 3.49. The Labute approximate surface area is 126 Å². The summed E-state index contributed by atoms with van der Waals surface area (Å²) in [5.41, 5.74) is 3.02. The van der Waals surface area contributed by atoms with Crippen molar-refractivity contribution >= 4 is 18.3 Å². The number of piperidine rings is 1. The van der Waals surface area contributed by atoms with Crippen molar-refractivity contribution in [3.05, 3.63) is 35.4 Å². The minimum absolute atomic E-state index is 0. The van der Waals surface area contributed by atoms with E-state index in [1.165, 1.54) is 24.0 Å². The van der Waals surface area contributed by atoms with E-state index in [0.29, 0.717) is 17.2 Å². The highest BCUT2D eigenvalue weighted by atomic mass is 35.5. The number of hydrogen-bond donors (Lipinski definition) is 1. The molecule has 0 bridgehead atoms. The van der Waals surface area contributed by atoms with Crippen LogP contribution in [0.25, 0.3) is 0 Å². The second kappa shape index (κ2) is 5.05. The predicted octanol–water partition coefficient (Wildman–Crippen LogP) is 2.34. The molecule has 3 nitrogen and oxygen atoms in total. The van der Waals surface area contributed by atoms with Crippen molar-refractivity contribution in [1.82, 2.24) is 10.2 Å². The summed E-state index contributed by atoms with van der Waals surface area (Å²) in [5, 5.41) is 3.40. The van der Waals surface area contributed by atoms with Crippen LogP contribution in [0.15, 0.2) is 24.3 Å². The molecule has 1 aromatic rings. The van der Waals surface area contributed by atoms with E-state index in [-0.39, 0.29) is 12.4 Å². The van der Waals surface area contributed by atoms with Crippen molar-refractivity contribution in [1.29, 1.82) is 0 Å². The number of halogens is 1. The molecule has 1 spiro atoms. The Balaban J connectivity index is 0.00000121. The molecule has 1 atom stereocenters. The van der Waals surface area contributed by atoms with Crippen LogP contribution in [-0.4, -0.2) is 23.9 Å². The predicted molar refractivity (Wildman–Crippen MR) is 80.6 cm³/mol. The van der Waals surface area contributed by atoms with Crippen molar-refractivity contribution in [3.8, 4) is 0 Å². The quantitative estimate of drug-likeness (QED) is 0.862. The summed E-state index contributed by atoms with van der Waals surface area (Å²) in [6.45, 7) is 3.81.